The summed E-state index contributed by atoms with van der Waals surface area (Å²) in [7, 11) is 0. The third-order valence-electron chi connectivity index (χ3n) is 27.2. The molecule has 0 fully saturated rings. The van der Waals surface area contributed by atoms with Gasteiger partial charge in [0.2, 0.25) is 0 Å². The number of rotatable bonds is 0. The molecule has 0 atom stereocenters. The highest BCUT2D eigenvalue weighted by Gasteiger charge is 2.17. The van der Waals surface area contributed by atoms with Crippen molar-refractivity contribution >= 4 is 226 Å². The van der Waals surface area contributed by atoms with Crippen molar-refractivity contribution in [3.63, 3.8) is 0 Å². The zero-order valence-corrected chi connectivity index (χ0v) is 73.6. The maximum atomic E-state index is 2.35. The lowest BCUT2D eigenvalue weighted by Crippen LogP contribution is -1.88. The third kappa shape index (κ3) is 14.1. The molecule has 610 valence electrons. The van der Waals surface area contributed by atoms with Gasteiger partial charge in [0.25, 0.3) is 0 Å². The Balaban J connectivity index is 0.0000000888. The largest absolute Gasteiger partial charge is 0.0616 e. The molecule has 0 radical (unpaired) electrons. The predicted octanol–water partition coefficient (Wildman–Crippen LogP) is 37.1. The average molecular weight is 1640 g/mol. The van der Waals surface area contributed by atoms with Crippen LogP contribution in [-0.4, -0.2) is 0 Å². The van der Waals surface area contributed by atoms with Crippen molar-refractivity contribution in [2.75, 3.05) is 0 Å². The van der Waals surface area contributed by atoms with Crippen LogP contribution in [0, 0.1) is 48.5 Å². The molecule has 28 aromatic rings. The van der Waals surface area contributed by atoms with E-state index in [0.29, 0.717) is 0 Å². The Kier molecular flexibility index (Phi) is 20.4. The van der Waals surface area contributed by atoms with Crippen molar-refractivity contribution in [1.82, 2.24) is 0 Å². The van der Waals surface area contributed by atoms with Crippen molar-refractivity contribution in [3.8, 4) is 0 Å². The van der Waals surface area contributed by atoms with Crippen LogP contribution in [0.25, 0.3) is 226 Å². The normalized spacial score (nSPS) is 11.5. The van der Waals surface area contributed by atoms with E-state index in [4.69, 9.17) is 0 Å². The SMILES string of the molecule is Cc1c2ccccc2cc2c3ccccc3c3ccccc3c12.Cc1cc2c3ccccc3ccc2c2ccccc12.Cc1cc2cccc3ccc4cccc1c4c32.Cc1ccc2c3ccccc3c3ccccc3c2c1.Cc1ccc2ccc3cccc4ccc1c2c34.Cc1ccc2ccc3ccccc3c2c1.Cc1cccc2c3ccccc3c3ccccc3c12. The first-order valence-electron chi connectivity index (χ1n) is 45.2. The minimum Gasteiger partial charge on any atom is -0.0616 e. The minimum atomic E-state index is 1.31. The zero-order chi connectivity index (χ0) is 86.9. The second-order valence-corrected chi connectivity index (χ2v) is 35.1. The molecule has 0 amide bonds. The molecule has 0 heteroatoms. The highest BCUT2D eigenvalue weighted by Crippen LogP contribution is 2.44. The predicted molar refractivity (Wildman–Crippen MR) is 568 cm³/mol. The van der Waals surface area contributed by atoms with Crippen molar-refractivity contribution in [2.45, 2.75) is 48.5 Å². The second kappa shape index (κ2) is 33.2. The van der Waals surface area contributed by atoms with Gasteiger partial charge in [0.1, 0.15) is 0 Å². The van der Waals surface area contributed by atoms with Gasteiger partial charge in [-0.1, -0.05) is 448 Å². The van der Waals surface area contributed by atoms with Crippen LogP contribution in [0.4, 0.5) is 0 Å². The lowest BCUT2D eigenvalue weighted by atomic mass is 9.89. The third-order valence-corrected chi connectivity index (χ3v) is 27.2. The molecule has 0 nitrogen and oxygen atoms in total. The smallest absolute Gasteiger partial charge is 0.00241 e. The van der Waals surface area contributed by atoms with E-state index in [1.54, 1.807) is 0 Å². The maximum absolute atomic E-state index is 2.35. The van der Waals surface area contributed by atoms with Gasteiger partial charge in [-0.3, -0.25) is 0 Å². The van der Waals surface area contributed by atoms with Crippen molar-refractivity contribution < 1.29 is 0 Å². The van der Waals surface area contributed by atoms with Crippen LogP contribution >= 0.6 is 0 Å². The Morgan fingerprint density at radius 3 is 0.915 bits per heavy atom. The van der Waals surface area contributed by atoms with Gasteiger partial charge in [-0.15, -0.1) is 0 Å². The molecule has 0 bridgehead atoms. The Morgan fingerprint density at radius 2 is 0.372 bits per heavy atom. The minimum absolute atomic E-state index is 1.31. The van der Waals surface area contributed by atoms with Crippen LogP contribution in [-0.2, 0) is 0 Å². The van der Waals surface area contributed by atoms with Gasteiger partial charge in [0.15, 0.2) is 0 Å². The van der Waals surface area contributed by atoms with Gasteiger partial charge in [0.05, 0.1) is 0 Å². The molecule has 0 heterocycles. The molecular formula is C129H94. The number of hydrogen-bond donors (Lipinski definition) is 0. The monoisotopic (exact) mass is 1640 g/mol. The van der Waals surface area contributed by atoms with E-state index >= 15 is 0 Å². The number of benzene rings is 28. The number of fused-ring (bicyclic) bond motifs is 27. The fourth-order valence-electron chi connectivity index (χ4n) is 21.1. The molecule has 0 saturated carbocycles. The Morgan fingerprint density at radius 1 is 0.101 bits per heavy atom. The Labute approximate surface area is 751 Å². The van der Waals surface area contributed by atoms with Crippen LogP contribution < -0.4 is 0 Å². The van der Waals surface area contributed by atoms with E-state index in [2.05, 4.69) is 491 Å². The Bertz CT molecular complexity index is 9070. The van der Waals surface area contributed by atoms with Crippen LogP contribution in [0.1, 0.15) is 38.9 Å². The first kappa shape index (κ1) is 79.1. The molecule has 0 spiro atoms. The number of aryl methyl sites for hydroxylation is 7. The fourth-order valence-corrected chi connectivity index (χ4v) is 21.1. The summed E-state index contributed by atoms with van der Waals surface area (Å²) in [5, 5.41) is 56.9. The van der Waals surface area contributed by atoms with E-state index in [9.17, 15) is 0 Å². The topological polar surface area (TPSA) is 0 Å². The number of hydrogen-bond acceptors (Lipinski definition) is 0. The maximum Gasteiger partial charge on any atom is -0.00241 e. The van der Waals surface area contributed by atoms with Crippen molar-refractivity contribution in [3.05, 3.63) is 482 Å². The molecular weight excluding hydrogens is 1550 g/mol. The summed E-state index contributed by atoms with van der Waals surface area (Å²) < 4.78 is 0. The summed E-state index contributed by atoms with van der Waals surface area (Å²) in [6.07, 6.45) is 0. The fraction of sp³-hybridized carbons (Fsp3) is 0.0543. The first-order chi connectivity index (χ1) is 63.4. The van der Waals surface area contributed by atoms with Gasteiger partial charge in [-0.25, -0.2) is 0 Å². The molecule has 0 aromatic heterocycles. The quantitative estimate of drug-likeness (QED) is 0.105. The van der Waals surface area contributed by atoms with Crippen molar-refractivity contribution in [1.29, 1.82) is 0 Å². The molecule has 0 N–H and O–H groups in total. The molecule has 0 saturated heterocycles. The van der Waals surface area contributed by atoms with Crippen LogP contribution in [0.3, 0.4) is 0 Å². The molecule has 0 unspecified atom stereocenters. The van der Waals surface area contributed by atoms with Gasteiger partial charge < -0.3 is 0 Å². The van der Waals surface area contributed by atoms with Crippen molar-refractivity contribution in [2.24, 2.45) is 0 Å². The molecule has 0 aliphatic rings. The van der Waals surface area contributed by atoms with Gasteiger partial charge >= 0.3 is 0 Å². The summed E-state index contributed by atoms with van der Waals surface area (Å²) in [4.78, 5) is 0. The summed E-state index contributed by atoms with van der Waals surface area (Å²) in [5.41, 5.74) is 9.42. The van der Waals surface area contributed by atoms with Crippen LogP contribution in [0.15, 0.2) is 443 Å². The lowest BCUT2D eigenvalue weighted by Gasteiger charge is -2.14. The Hall–Kier alpha value is -15.9. The lowest BCUT2D eigenvalue weighted by molar-refractivity contribution is 1.51. The highest BCUT2D eigenvalue weighted by molar-refractivity contribution is 6.31. The van der Waals surface area contributed by atoms with E-state index in [0.717, 1.165) is 0 Å². The van der Waals surface area contributed by atoms with Crippen LogP contribution in [0.5, 0.6) is 0 Å². The van der Waals surface area contributed by atoms with E-state index in [1.807, 2.05) is 0 Å². The summed E-state index contributed by atoms with van der Waals surface area (Å²) >= 11 is 0. The summed E-state index contributed by atoms with van der Waals surface area (Å²) in [6.45, 7) is 15.3. The summed E-state index contributed by atoms with van der Waals surface area (Å²) in [5.74, 6) is 0. The average Bonchev–Trinajstić information content (AvgIpc) is 0.767. The van der Waals surface area contributed by atoms with Gasteiger partial charge in [-0.2, -0.15) is 0 Å². The first-order valence-corrected chi connectivity index (χ1v) is 45.2. The molecule has 0 aliphatic carbocycles. The van der Waals surface area contributed by atoms with E-state index in [-0.39, 0.29) is 0 Å². The standard InChI is InChI=1S/C23H16.3C19H14.2C17H12.C15H12/c1-15-17-9-3-2-8-16(17)14-22-20-12-5-4-10-18(20)19-11-6-7-13-21(19)23(15)22;1-13-7-6-12-18-16-9-3-2-8-14(16)15-10-4-5-11-17(15)19(13)18;1-13-12-19-16-8-3-2-6-14(16)10-11-18(19)17-9-5-4-7-15(13)17;1-13-10-11-18-16-8-3-2-6-14(16)15-7-4-5-9-17(15)19(18)12-13;1-11-10-14-6-2-4-12-8-9-13-5-3-7-15(11)17(13)16(12)14;1-11-5-6-14-8-7-12-3-2-4-13-9-10-15(11)17(14)16(12)13;1-11-6-7-13-9-8-12-4-2-3-5-14(12)15(13)10-11/h2-14H,1H3;3*2-12H,1H3;2*2-10H,1H3;2-10H,1H3. The molecule has 0 aliphatic heterocycles. The van der Waals surface area contributed by atoms with Crippen LogP contribution in [0.2, 0.25) is 0 Å². The van der Waals surface area contributed by atoms with Gasteiger partial charge in [-0.05, 0) is 309 Å². The second-order valence-electron chi connectivity index (χ2n) is 35.1. The molecule has 129 heavy (non-hydrogen) atoms. The molecule has 28 rings (SSSR count). The highest BCUT2D eigenvalue weighted by atomic mass is 14.2. The van der Waals surface area contributed by atoms with Gasteiger partial charge in [0, 0.05) is 0 Å². The molecule has 28 aromatic carbocycles. The zero-order valence-electron chi connectivity index (χ0n) is 73.6. The summed E-state index contributed by atoms with van der Waals surface area (Å²) in [6, 6.07) is 160. The van der Waals surface area contributed by atoms with E-state index < -0.39 is 0 Å². The van der Waals surface area contributed by atoms with E-state index in [1.165, 1.54) is 265 Å².